The van der Waals surface area contributed by atoms with Gasteiger partial charge in [0.15, 0.2) is 14.1 Å². The molecule has 1 amide bonds. The Bertz CT molecular complexity index is 1180. The van der Waals surface area contributed by atoms with Crippen LogP contribution in [0.2, 0.25) is 0 Å². The highest BCUT2D eigenvalue weighted by molar-refractivity contribution is 8.00. The molecule has 29 heavy (non-hydrogen) atoms. The highest BCUT2D eigenvalue weighted by Gasteiger charge is 2.10. The van der Waals surface area contributed by atoms with Gasteiger partial charge in [-0.15, -0.1) is 5.10 Å². The van der Waals surface area contributed by atoms with E-state index in [0.717, 1.165) is 15.8 Å². The van der Waals surface area contributed by atoms with Gasteiger partial charge in [-0.05, 0) is 42.0 Å². The van der Waals surface area contributed by atoms with Crippen LogP contribution in [0.5, 0.6) is 0 Å². The number of nitrogens with one attached hydrogen (secondary N) is 1. The van der Waals surface area contributed by atoms with E-state index in [9.17, 15) is 4.79 Å². The molecule has 0 aliphatic heterocycles. The van der Waals surface area contributed by atoms with E-state index in [-0.39, 0.29) is 5.91 Å². The van der Waals surface area contributed by atoms with Gasteiger partial charge in [-0.1, -0.05) is 53.4 Å². The number of aryl methyl sites for hydroxylation is 1. The minimum atomic E-state index is -0.212. The first-order chi connectivity index (χ1) is 14.1. The topological polar surface area (TPSA) is 64.7 Å². The molecular weight excluding hydrogens is 422 g/mol. The molecule has 1 N–H and O–H groups in total. The fourth-order valence-electron chi connectivity index (χ4n) is 2.63. The van der Waals surface area contributed by atoms with Gasteiger partial charge >= 0.3 is 0 Å². The zero-order valence-electron chi connectivity index (χ0n) is 15.5. The molecule has 9 heteroatoms. The molecule has 0 unspecified atom stereocenters. The predicted octanol–water partition coefficient (Wildman–Crippen LogP) is 4.94. The van der Waals surface area contributed by atoms with Crippen molar-refractivity contribution < 1.29 is 4.79 Å². The van der Waals surface area contributed by atoms with E-state index in [1.165, 1.54) is 16.9 Å². The van der Waals surface area contributed by atoms with Crippen LogP contribution in [0.3, 0.4) is 0 Å². The molecule has 0 atom stereocenters. The summed E-state index contributed by atoms with van der Waals surface area (Å²) in [5.74, 6) is 1.15. The molecule has 0 aliphatic rings. The number of carbonyl (C=O) groups excluding carboxylic acids is 1. The largest absolute Gasteiger partial charge is 0.305 e. The summed E-state index contributed by atoms with van der Waals surface area (Å²) < 4.78 is 4.95. The average Bonchev–Trinajstić information content (AvgIpc) is 3.32. The smallest absolute Gasteiger partial charge is 0.256 e. The lowest BCUT2D eigenvalue weighted by atomic mass is 10.2. The zero-order chi connectivity index (χ0) is 20.2. The van der Waals surface area contributed by atoms with Gasteiger partial charge in [0.25, 0.3) is 5.91 Å². The first-order valence-corrected chi connectivity index (χ1v) is 11.0. The van der Waals surface area contributed by atoms with Crippen molar-refractivity contribution in [3.05, 3.63) is 81.9 Å². The summed E-state index contributed by atoms with van der Waals surface area (Å²) in [4.78, 5) is 12.4. The standard InChI is InChI=1S/C20H17N5OS3/c1-24-12-11-17(22-24)21-18(26)15-7-9-16(10-8-15)25-20(27)29-19(23-25)28-13-14-5-3-2-4-6-14/h2-12H,13H2,1H3,(H,21,22,26). The van der Waals surface area contributed by atoms with Crippen LogP contribution < -0.4 is 5.32 Å². The van der Waals surface area contributed by atoms with Crippen LogP contribution in [0.1, 0.15) is 15.9 Å². The summed E-state index contributed by atoms with van der Waals surface area (Å²) in [6.45, 7) is 0. The SMILES string of the molecule is Cn1ccc(NC(=O)c2ccc(-n3nc(SCc4ccccc4)sc3=S)cc2)n1. The van der Waals surface area contributed by atoms with E-state index in [0.29, 0.717) is 15.3 Å². The van der Waals surface area contributed by atoms with Gasteiger partial charge < -0.3 is 5.32 Å². The third-order valence-electron chi connectivity index (χ3n) is 4.06. The highest BCUT2D eigenvalue weighted by Crippen LogP contribution is 2.27. The minimum absolute atomic E-state index is 0.212. The molecule has 0 bridgehead atoms. The van der Waals surface area contributed by atoms with Crippen molar-refractivity contribution in [3.63, 3.8) is 0 Å². The lowest BCUT2D eigenvalue weighted by Gasteiger charge is -2.04. The third-order valence-corrected chi connectivity index (χ3v) is 6.50. The number of carbonyl (C=O) groups is 1. The molecule has 6 nitrogen and oxygen atoms in total. The summed E-state index contributed by atoms with van der Waals surface area (Å²) in [5.41, 5.74) is 2.61. The molecule has 146 valence electrons. The Balaban J connectivity index is 1.45. The van der Waals surface area contributed by atoms with Crippen LogP contribution >= 0.6 is 35.3 Å². The van der Waals surface area contributed by atoms with Crippen molar-refractivity contribution in [2.24, 2.45) is 7.05 Å². The lowest BCUT2D eigenvalue weighted by Crippen LogP contribution is -2.12. The fourth-order valence-corrected chi connectivity index (χ4v) is 4.94. The molecule has 0 saturated carbocycles. The summed E-state index contributed by atoms with van der Waals surface area (Å²) in [7, 11) is 1.80. The molecule has 0 radical (unpaired) electrons. The number of aromatic nitrogens is 4. The molecule has 2 aromatic heterocycles. The van der Waals surface area contributed by atoms with Crippen molar-refractivity contribution in [3.8, 4) is 5.69 Å². The Hall–Kier alpha value is -2.75. The second-order valence-electron chi connectivity index (χ2n) is 6.20. The normalized spacial score (nSPS) is 10.8. The van der Waals surface area contributed by atoms with E-state index in [4.69, 9.17) is 12.2 Å². The van der Waals surface area contributed by atoms with Gasteiger partial charge in [0.05, 0.1) is 5.69 Å². The second-order valence-corrected chi connectivity index (χ2v) is 9.04. The summed E-state index contributed by atoms with van der Waals surface area (Å²) in [6, 6.07) is 19.2. The maximum atomic E-state index is 12.4. The number of hydrogen-bond acceptors (Lipinski definition) is 6. The van der Waals surface area contributed by atoms with Gasteiger partial charge in [0.2, 0.25) is 0 Å². The third kappa shape index (κ3) is 4.81. The monoisotopic (exact) mass is 439 g/mol. The molecule has 0 aliphatic carbocycles. The van der Waals surface area contributed by atoms with Crippen molar-refractivity contribution in [1.82, 2.24) is 19.6 Å². The first-order valence-electron chi connectivity index (χ1n) is 8.77. The molecule has 4 aromatic rings. The Kier molecular flexibility index (Phi) is 5.89. The maximum absolute atomic E-state index is 12.4. The van der Waals surface area contributed by atoms with Gasteiger partial charge in [-0.25, -0.2) is 4.68 Å². The Morgan fingerprint density at radius 2 is 1.86 bits per heavy atom. The van der Waals surface area contributed by atoms with Gasteiger partial charge in [-0.2, -0.15) is 5.10 Å². The van der Waals surface area contributed by atoms with Crippen LogP contribution in [0.25, 0.3) is 5.69 Å². The molecule has 0 saturated heterocycles. The van der Waals surface area contributed by atoms with Gasteiger partial charge in [0.1, 0.15) is 0 Å². The van der Waals surface area contributed by atoms with Crippen LogP contribution in [0.4, 0.5) is 5.82 Å². The number of amides is 1. The van der Waals surface area contributed by atoms with E-state index in [1.807, 2.05) is 30.3 Å². The number of rotatable bonds is 6. The Morgan fingerprint density at radius 1 is 1.10 bits per heavy atom. The van der Waals surface area contributed by atoms with Crippen molar-refractivity contribution >= 4 is 47.0 Å². The van der Waals surface area contributed by atoms with E-state index < -0.39 is 0 Å². The number of hydrogen-bond donors (Lipinski definition) is 1. The van der Waals surface area contributed by atoms with Crippen molar-refractivity contribution in [1.29, 1.82) is 0 Å². The summed E-state index contributed by atoms with van der Waals surface area (Å²) in [5, 5.41) is 11.5. The molecule has 2 aromatic carbocycles. The molecule has 2 heterocycles. The average molecular weight is 440 g/mol. The zero-order valence-corrected chi connectivity index (χ0v) is 17.9. The number of nitrogens with zero attached hydrogens (tertiary/aromatic N) is 4. The van der Waals surface area contributed by atoms with Crippen molar-refractivity contribution in [2.45, 2.75) is 10.1 Å². The van der Waals surface area contributed by atoms with E-state index >= 15 is 0 Å². The maximum Gasteiger partial charge on any atom is 0.256 e. The molecule has 0 spiro atoms. The van der Waals surface area contributed by atoms with Crippen LogP contribution in [-0.4, -0.2) is 25.5 Å². The second kappa shape index (κ2) is 8.73. The van der Waals surface area contributed by atoms with Crippen molar-refractivity contribution in [2.75, 3.05) is 5.32 Å². The lowest BCUT2D eigenvalue weighted by molar-refractivity contribution is 0.102. The number of thioether (sulfide) groups is 1. The van der Waals surface area contributed by atoms with Crippen LogP contribution in [0, 0.1) is 3.95 Å². The quantitative estimate of drug-likeness (QED) is 0.340. The first kappa shape index (κ1) is 19.6. The fraction of sp³-hybridized carbons (Fsp3) is 0.100. The van der Waals surface area contributed by atoms with E-state index in [2.05, 4.69) is 27.6 Å². The summed E-state index contributed by atoms with van der Waals surface area (Å²) >= 11 is 8.62. The molecule has 4 rings (SSSR count). The Morgan fingerprint density at radius 3 is 2.55 bits per heavy atom. The predicted molar refractivity (Wildman–Crippen MR) is 119 cm³/mol. The van der Waals surface area contributed by atoms with E-state index in [1.54, 1.807) is 52.6 Å². The van der Waals surface area contributed by atoms with Gasteiger partial charge in [-0.3, -0.25) is 9.48 Å². The van der Waals surface area contributed by atoms with Gasteiger partial charge in [0, 0.05) is 30.6 Å². The van der Waals surface area contributed by atoms with Crippen LogP contribution in [0.15, 0.2) is 71.2 Å². The number of anilines is 1. The molecule has 0 fully saturated rings. The minimum Gasteiger partial charge on any atom is -0.305 e. The number of benzene rings is 2. The van der Waals surface area contributed by atoms with Crippen LogP contribution in [-0.2, 0) is 12.8 Å². The summed E-state index contributed by atoms with van der Waals surface area (Å²) in [6.07, 6.45) is 1.77. The highest BCUT2D eigenvalue weighted by atomic mass is 32.2. The Labute approximate surface area is 181 Å². The molecular formula is C20H17N5OS3.